The van der Waals surface area contributed by atoms with E-state index >= 15 is 0 Å². The molecule has 0 radical (unpaired) electrons. The quantitative estimate of drug-likeness (QED) is 0.0587. The van der Waals surface area contributed by atoms with Crippen LogP contribution in [-0.4, -0.2) is 126 Å². The Labute approximate surface area is 305 Å². The number of hydrogen-bond donors (Lipinski definition) is 3. The maximum Gasteiger partial charge on any atom is 0.329 e. The summed E-state index contributed by atoms with van der Waals surface area (Å²) >= 11 is 0. The van der Waals surface area contributed by atoms with Gasteiger partial charge in [-0.3, -0.25) is 4.99 Å². The lowest BCUT2D eigenvalue weighted by molar-refractivity contribution is -0.142. The lowest BCUT2D eigenvalue weighted by Gasteiger charge is -2.19. The van der Waals surface area contributed by atoms with Gasteiger partial charge in [0.05, 0.1) is 72.7 Å². The summed E-state index contributed by atoms with van der Waals surface area (Å²) < 4.78 is 33.6. The van der Waals surface area contributed by atoms with Crippen molar-refractivity contribution < 1.29 is 48.5 Å². The second-order valence-corrected chi connectivity index (χ2v) is 14.3. The molecule has 0 aliphatic heterocycles. The van der Waals surface area contributed by atoms with E-state index in [1.54, 1.807) is 13.3 Å². The number of carboxylic acids is 1. The Kier molecular flexibility index (Phi) is 21.8. The van der Waals surface area contributed by atoms with E-state index in [1.807, 2.05) is 0 Å². The van der Waals surface area contributed by atoms with Crippen LogP contribution < -0.4 is 0 Å². The molecule has 0 aromatic heterocycles. The Morgan fingerprint density at radius 3 is 2.02 bits per heavy atom. The molecule has 3 N–H and O–H groups in total. The van der Waals surface area contributed by atoms with Gasteiger partial charge in [0.15, 0.2) is 0 Å². The minimum atomic E-state index is -0.968. The highest BCUT2D eigenvalue weighted by molar-refractivity contribution is 5.67. The van der Waals surface area contributed by atoms with Gasteiger partial charge in [-0.25, -0.2) is 4.79 Å². The van der Waals surface area contributed by atoms with Crippen LogP contribution in [0.1, 0.15) is 44.9 Å². The molecule has 0 heterocycles. The monoisotopic (exact) mass is 719 g/mol. The molecule has 0 bridgehead atoms. The van der Waals surface area contributed by atoms with E-state index in [9.17, 15) is 15.0 Å². The van der Waals surface area contributed by atoms with Crippen LogP contribution in [-0.2, 0) is 33.2 Å². The SMILES string of the molecule is C=CC1CCC(/C=C\C2CC(/C=C\C3CC(C=C)C(COCCOCC(CO)OCC(O)COC/C=N/C)C3)C(COCCOCC(=O)O)C2)C1. The van der Waals surface area contributed by atoms with Crippen molar-refractivity contribution in [3.63, 3.8) is 0 Å². The van der Waals surface area contributed by atoms with Gasteiger partial charge < -0.3 is 43.7 Å². The number of hydrogen-bond acceptors (Lipinski definition) is 10. The van der Waals surface area contributed by atoms with Crippen molar-refractivity contribution in [2.24, 2.45) is 52.3 Å². The highest BCUT2D eigenvalue weighted by Gasteiger charge is 2.34. The molecule has 0 spiro atoms. The second kappa shape index (κ2) is 25.7. The van der Waals surface area contributed by atoms with E-state index in [-0.39, 0.29) is 39.6 Å². The fourth-order valence-corrected chi connectivity index (χ4v) is 7.54. The lowest BCUT2D eigenvalue weighted by atomic mass is 9.94. The molecule has 10 atom stereocenters. The van der Waals surface area contributed by atoms with Crippen LogP contribution in [0.3, 0.4) is 0 Å². The summed E-state index contributed by atoms with van der Waals surface area (Å²) in [6, 6.07) is 0. The van der Waals surface area contributed by atoms with Crippen LogP contribution in [0, 0.1) is 47.3 Å². The van der Waals surface area contributed by atoms with Gasteiger partial charge >= 0.3 is 5.97 Å². The third kappa shape index (κ3) is 17.4. The minimum Gasteiger partial charge on any atom is -0.480 e. The van der Waals surface area contributed by atoms with E-state index in [2.05, 4.69) is 54.6 Å². The molecule has 0 amide bonds. The average Bonchev–Trinajstić information content (AvgIpc) is 3.87. The first-order valence-corrected chi connectivity index (χ1v) is 18.9. The predicted octanol–water partition coefficient (Wildman–Crippen LogP) is 4.78. The number of ether oxygens (including phenoxy) is 6. The first-order valence-electron chi connectivity index (χ1n) is 18.9. The number of aliphatic hydroxyl groups excluding tert-OH is 2. The number of aliphatic hydroxyl groups is 2. The molecule has 3 aliphatic rings. The minimum absolute atomic E-state index is 0.0458. The van der Waals surface area contributed by atoms with Crippen molar-refractivity contribution in [3.05, 3.63) is 49.6 Å². The Bertz CT molecular complexity index is 1070. The van der Waals surface area contributed by atoms with Crippen molar-refractivity contribution >= 4 is 12.2 Å². The van der Waals surface area contributed by atoms with Gasteiger partial charge in [0.2, 0.25) is 0 Å². The highest BCUT2D eigenvalue weighted by atomic mass is 16.6. The Hall–Kier alpha value is -2.22. The standard InChI is InChI=1S/C40H65NO10/c1-4-30-6-7-31(18-30)8-9-32-20-35(37(22-32)25-48-15-17-50-29-40(44)45)11-10-33-19-34(5-2)36(21-33)24-47-14-16-49-28-39(23-42)51-27-38(43)26-46-13-12-41-3/h4-5,8-12,30-39,42-43H,1-2,6-7,13-29H2,3H3,(H,44,45)/b9-8-,11-10-,41-12+. The van der Waals surface area contributed by atoms with E-state index < -0.39 is 18.2 Å². The van der Waals surface area contributed by atoms with Gasteiger partial charge in [-0.15, -0.1) is 13.2 Å². The Balaban J connectivity index is 1.39. The molecule has 290 valence electrons. The van der Waals surface area contributed by atoms with Gasteiger partial charge in [0.1, 0.15) is 18.8 Å². The maximum absolute atomic E-state index is 10.7. The number of aliphatic carboxylic acids is 1. The van der Waals surface area contributed by atoms with Gasteiger partial charge in [0.25, 0.3) is 0 Å². The highest BCUT2D eigenvalue weighted by Crippen LogP contribution is 2.42. The number of carboxylic acid groups (broad SMARTS) is 1. The number of aliphatic imine (C=N–C) groups is 1. The second-order valence-electron chi connectivity index (χ2n) is 14.3. The predicted molar refractivity (Wildman–Crippen MR) is 198 cm³/mol. The molecule has 0 saturated heterocycles. The van der Waals surface area contributed by atoms with Crippen LogP contribution in [0.15, 0.2) is 54.6 Å². The number of rotatable bonds is 28. The molecule has 51 heavy (non-hydrogen) atoms. The molecule has 10 unspecified atom stereocenters. The number of allylic oxidation sites excluding steroid dienone is 6. The van der Waals surface area contributed by atoms with E-state index in [0.29, 0.717) is 87.0 Å². The van der Waals surface area contributed by atoms with Crippen LogP contribution in [0.2, 0.25) is 0 Å². The summed E-state index contributed by atoms with van der Waals surface area (Å²) in [5, 5.41) is 28.4. The Morgan fingerprint density at radius 2 is 1.37 bits per heavy atom. The fourth-order valence-electron chi connectivity index (χ4n) is 7.54. The number of carbonyl (C=O) groups is 1. The molecule has 11 nitrogen and oxygen atoms in total. The van der Waals surface area contributed by atoms with Crippen molar-refractivity contribution in [3.8, 4) is 0 Å². The number of nitrogens with zero attached hydrogens (tertiary/aromatic N) is 1. The van der Waals surface area contributed by atoms with Crippen molar-refractivity contribution in [2.45, 2.75) is 57.2 Å². The zero-order valence-electron chi connectivity index (χ0n) is 30.8. The van der Waals surface area contributed by atoms with E-state index in [0.717, 1.165) is 25.7 Å². The third-order valence-corrected chi connectivity index (χ3v) is 10.4. The normalized spacial score (nSPS) is 29.5. The summed E-state index contributed by atoms with van der Waals surface area (Å²) in [6.07, 6.45) is 22.2. The zero-order chi connectivity index (χ0) is 36.7. The lowest BCUT2D eigenvalue weighted by Crippen LogP contribution is -2.31. The summed E-state index contributed by atoms with van der Waals surface area (Å²) in [7, 11) is 1.66. The molecule has 0 aromatic carbocycles. The summed E-state index contributed by atoms with van der Waals surface area (Å²) in [6.45, 7) is 11.1. The van der Waals surface area contributed by atoms with E-state index in [1.165, 1.54) is 19.3 Å². The molecule has 3 aliphatic carbocycles. The molecular weight excluding hydrogens is 654 g/mol. The first-order chi connectivity index (χ1) is 24.8. The smallest absolute Gasteiger partial charge is 0.329 e. The molecular formula is C40H65NO10. The van der Waals surface area contributed by atoms with E-state index in [4.69, 9.17) is 33.5 Å². The average molecular weight is 720 g/mol. The fraction of sp³-hybridized carbons (Fsp3) is 0.750. The molecule has 11 heteroatoms. The van der Waals surface area contributed by atoms with Gasteiger partial charge in [0, 0.05) is 13.3 Å². The third-order valence-electron chi connectivity index (χ3n) is 10.4. The summed E-state index contributed by atoms with van der Waals surface area (Å²) in [5.74, 6) is 2.97. The van der Waals surface area contributed by atoms with Crippen LogP contribution in [0.25, 0.3) is 0 Å². The van der Waals surface area contributed by atoms with Crippen LogP contribution in [0.4, 0.5) is 0 Å². The molecule has 0 aromatic rings. The Morgan fingerprint density at radius 1 is 0.745 bits per heavy atom. The van der Waals surface area contributed by atoms with Gasteiger partial charge in [-0.2, -0.15) is 0 Å². The van der Waals surface area contributed by atoms with Crippen LogP contribution in [0.5, 0.6) is 0 Å². The van der Waals surface area contributed by atoms with Crippen molar-refractivity contribution in [1.29, 1.82) is 0 Å². The summed E-state index contributed by atoms with van der Waals surface area (Å²) in [5.41, 5.74) is 0. The topological polar surface area (TPSA) is 146 Å². The van der Waals surface area contributed by atoms with Gasteiger partial charge in [-0.05, 0) is 92.3 Å². The largest absolute Gasteiger partial charge is 0.480 e. The first kappa shape index (κ1) is 43.2. The van der Waals surface area contributed by atoms with Crippen LogP contribution >= 0.6 is 0 Å². The van der Waals surface area contributed by atoms with Gasteiger partial charge in [-0.1, -0.05) is 36.5 Å². The summed E-state index contributed by atoms with van der Waals surface area (Å²) in [4.78, 5) is 14.5. The molecule has 3 saturated carbocycles. The maximum atomic E-state index is 10.7. The van der Waals surface area contributed by atoms with Crippen molar-refractivity contribution in [2.75, 3.05) is 86.3 Å². The van der Waals surface area contributed by atoms with Crippen molar-refractivity contribution in [1.82, 2.24) is 0 Å². The molecule has 3 rings (SSSR count). The molecule has 3 fully saturated rings. The zero-order valence-corrected chi connectivity index (χ0v) is 30.8.